The lowest BCUT2D eigenvalue weighted by molar-refractivity contribution is -0.376. The molecule has 0 aromatic heterocycles. The fraction of sp³-hybridized carbons (Fsp3) is 0.875. The van der Waals surface area contributed by atoms with Crippen LogP contribution in [0.3, 0.4) is 0 Å². The Balaban J connectivity index is 2.07. The van der Waals surface area contributed by atoms with E-state index in [9.17, 15) is 40.2 Å². The quantitative estimate of drug-likeness (QED) is 0.223. The first-order valence-corrected chi connectivity index (χ1v) is 8.84. The first-order valence-electron chi connectivity index (χ1n) is 8.84. The molecule has 0 amide bonds. The highest BCUT2D eigenvalue weighted by Gasteiger charge is 2.50. The van der Waals surface area contributed by atoms with Crippen LogP contribution < -0.4 is 0 Å². The molecule has 2 fully saturated rings. The van der Waals surface area contributed by atoms with Gasteiger partial charge in [-0.2, -0.15) is 0 Å². The van der Waals surface area contributed by atoms with Crippen molar-refractivity contribution in [1.29, 1.82) is 0 Å². The van der Waals surface area contributed by atoms with Crippen LogP contribution in [-0.2, 0) is 33.3 Å². The summed E-state index contributed by atoms with van der Waals surface area (Å²) >= 11 is 0. The van der Waals surface area contributed by atoms with Crippen molar-refractivity contribution in [1.82, 2.24) is 0 Å². The van der Waals surface area contributed by atoms with Crippen molar-refractivity contribution in [3.05, 3.63) is 0 Å². The van der Waals surface area contributed by atoms with Crippen LogP contribution in [-0.4, -0.2) is 117 Å². The summed E-state index contributed by atoms with van der Waals surface area (Å²) in [5.41, 5.74) is 0. The standard InChI is InChI=1S/C16H26O13/c1-5(17)25-3-7-9(19)11(21)13(23)15(27-7)29-16-14(24)12(22)10(20)8(28-16)4-26-6(2)18/h7-16,19-24H,3-4H2,1-2H3/t7?,8?,9-,10-,11-,12+,13?,14?,15-,16-/m1/s1. The molecule has 29 heavy (non-hydrogen) atoms. The van der Waals surface area contributed by atoms with E-state index in [-0.39, 0.29) is 0 Å². The summed E-state index contributed by atoms with van der Waals surface area (Å²) < 4.78 is 25.3. The van der Waals surface area contributed by atoms with Crippen LogP contribution in [0.15, 0.2) is 0 Å². The maximum atomic E-state index is 10.9. The minimum absolute atomic E-state index is 0.454. The number of hydrogen-bond donors (Lipinski definition) is 6. The molecule has 0 aromatic rings. The number of carbonyl (C=O) groups is 2. The number of aliphatic hydroxyl groups is 6. The molecule has 13 nitrogen and oxygen atoms in total. The molecule has 2 rings (SSSR count). The lowest BCUT2D eigenvalue weighted by Crippen LogP contribution is -2.64. The monoisotopic (exact) mass is 426 g/mol. The highest BCUT2D eigenvalue weighted by molar-refractivity contribution is 5.66. The minimum atomic E-state index is -1.79. The van der Waals surface area contributed by atoms with Gasteiger partial charge in [-0.3, -0.25) is 9.59 Å². The number of aliphatic hydroxyl groups excluding tert-OH is 6. The zero-order valence-electron chi connectivity index (χ0n) is 15.7. The molecule has 6 N–H and O–H groups in total. The van der Waals surface area contributed by atoms with Gasteiger partial charge in [0.15, 0.2) is 12.6 Å². The molecule has 2 saturated heterocycles. The molecule has 2 aliphatic rings. The highest BCUT2D eigenvalue weighted by atomic mass is 16.8. The van der Waals surface area contributed by atoms with Crippen LogP contribution >= 0.6 is 0 Å². The topological polar surface area (TPSA) is 202 Å². The van der Waals surface area contributed by atoms with Crippen LogP contribution in [0.25, 0.3) is 0 Å². The molecule has 10 atom stereocenters. The predicted octanol–water partition coefficient (Wildman–Crippen LogP) is -4.26. The summed E-state index contributed by atoms with van der Waals surface area (Å²) in [7, 11) is 0. The summed E-state index contributed by atoms with van der Waals surface area (Å²) in [5.74, 6) is -1.34. The molecule has 13 heteroatoms. The van der Waals surface area contributed by atoms with Gasteiger partial charge in [0, 0.05) is 13.8 Å². The van der Waals surface area contributed by atoms with Gasteiger partial charge in [-0.15, -0.1) is 0 Å². The molecule has 168 valence electrons. The van der Waals surface area contributed by atoms with Crippen LogP contribution in [0.1, 0.15) is 13.8 Å². The normalized spacial score (nSPS) is 42.9. The van der Waals surface area contributed by atoms with Gasteiger partial charge in [-0.1, -0.05) is 0 Å². The molecule has 2 heterocycles. The van der Waals surface area contributed by atoms with Crippen molar-refractivity contribution in [2.75, 3.05) is 13.2 Å². The first kappa shape index (κ1) is 23.9. The van der Waals surface area contributed by atoms with Crippen LogP contribution in [0, 0.1) is 0 Å². The molecular formula is C16H26O13. The van der Waals surface area contributed by atoms with Gasteiger partial charge >= 0.3 is 11.9 Å². The van der Waals surface area contributed by atoms with Gasteiger partial charge in [-0.25, -0.2) is 0 Å². The van der Waals surface area contributed by atoms with Crippen molar-refractivity contribution >= 4 is 11.9 Å². The minimum Gasteiger partial charge on any atom is -0.463 e. The van der Waals surface area contributed by atoms with Crippen molar-refractivity contribution in [2.24, 2.45) is 0 Å². The molecule has 0 aliphatic carbocycles. The first-order chi connectivity index (χ1) is 13.5. The Kier molecular flexibility index (Phi) is 8.28. The Hall–Kier alpha value is -1.42. The van der Waals surface area contributed by atoms with Crippen LogP contribution in [0.4, 0.5) is 0 Å². The highest BCUT2D eigenvalue weighted by Crippen LogP contribution is 2.28. The molecular weight excluding hydrogens is 400 g/mol. The molecule has 0 radical (unpaired) electrons. The van der Waals surface area contributed by atoms with Gasteiger partial charge in [0.1, 0.15) is 62.0 Å². The van der Waals surface area contributed by atoms with Crippen molar-refractivity contribution in [2.45, 2.75) is 75.3 Å². The number of carbonyl (C=O) groups excluding carboxylic acids is 2. The Morgan fingerprint density at radius 3 is 1.31 bits per heavy atom. The fourth-order valence-corrected chi connectivity index (χ4v) is 2.86. The third-order valence-corrected chi connectivity index (χ3v) is 4.51. The van der Waals surface area contributed by atoms with Gasteiger partial charge in [0.05, 0.1) is 0 Å². The van der Waals surface area contributed by atoms with Crippen molar-refractivity contribution in [3.8, 4) is 0 Å². The van der Waals surface area contributed by atoms with E-state index in [0.717, 1.165) is 13.8 Å². The summed E-state index contributed by atoms with van der Waals surface area (Å²) in [6.45, 7) is 1.34. The zero-order valence-corrected chi connectivity index (χ0v) is 15.7. The second-order valence-electron chi connectivity index (χ2n) is 6.77. The van der Waals surface area contributed by atoms with E-state index in [2.05, 4.69) is 0 Å². The zero-order chi connectivity index (χ0) is 21.9. The SMILES string of the molecule is CC(=O)OCC1O[C@H](O[C@H]2OC(COC(C)=O)[C@@H](O)[C@@H](O)C2O)C(O)[C@@H](O)[C@@H]1O. The Labute approximate surface area is 165 Å². The van der Waals surface area contributed by atoms with Gasteiger partial charge < -0.3 is 54.3 Å². The number of rotatable bonds is 6. The van der Waals surface area contributed by atoms with E-state index < -0.39 is 86.6 Å². The van der Waals surface area contributed by atoms with Crippen LogP contribution in [0.5, 0.6) is 0 Å². The molecule has 0 spiro atoms. The lowest BCUT2D eigenvalue weighted by Gasteiger charge is -2.44. The van der Waals surface area contributed by atoms with E-state index in [0.29, 0.717) is 0 Å². The lowest BCUT2D eigenvalue weighted by atomic mass is 9.98. The van der Waals surface area contributed by atoms with Gasteiger partial charge in [0.2, 0.25) is 0 Å². The van der Waals surface area contributed by atoms with Crippen molar-refractivity contribution < 1.29 is 63.9 Å². The van der Waals surface area contributed by atoms with Crippen LogP contribution in [0.2, 0.25) is 0 Å². The average molecular weight is 426 g/mol. The summed E-state index contributed by atoms with van der Waals surface area (Å²) in [6, 6.07) is 0. The average Bonchev–Trinajstić information content (AvgIpc) is 2.66. The van der Waals surface area contributed by atoms with Gasteiger partial charge in [-0.05, 0) is 0 Å². The summed E-state index contributed by atoms with van der Waals surface area (Å²) in [5, 5.41) is 60.1. The predicted molar refractivity (Wildman–Crippen MR) is 87.7 cm³/mol. The molecule has 0 aromatic carbocycles. The molecule has 0 saturated carbocycles. The number of hydrogen-bond acceptors (Lipinski definition) is 13. The molecule has 0 bridgehead atoms. The van der Waals surface area contributed by atoms with E-state index in [4.69, 9.17) is 23.7 Å². The Morgan fingerprint density at radius 1 is 0.655 bits per heavy atom. The number of esters is 2. The van der Waals surface area contributed by atoms with E-state index in [1.165, 1.54) is 0 Å². The second kappa shape index (κ2) is 10.1. The fourth-order valence-electron chi connectivity index (χ4n) is 2.86. The Morgan fingerprint density at radius 2 is 1.00 bits per heavy atom. The van der Waals surface area contributed by atoms with E-state index >= 15 is 0 Å². The molecule has 2 aliphatic heterocycles. The number of ether oxygens (including phenoxy) is 5. The molecule has 4 unspecified atom stereocenters. The Bertz CT molecular complexity index is 523. The third-order valence-electron chi connectivity index (χ3n) is 4.51. The van der Waals surface area contributed by atoms with E-state index in [1.807, 2.05) is 0 Å². The maximum Gasteiger partial charge on any atom is 0.302 e. The summed E-state index contributed by atoms with van der Waals surface area (Å²) in [6.07, 6.45) is -16.1. The second-order valence-corrected chi connectivity index (χ2v) is 6.77. The summed E-state index contributed by atoms with van der Waals surface area (Å²) in [4.78, 5) is 21.9. The largest absolute Gasteiger partial charge is 0.463 e. The smallest absolute Gasteiger partial charge is 0.302 e. The third kappa shape index (κ3) is 5.81. The van der Waals surface area contributed by atoms with Gasteiger partial charge in [0.25, 0.3) is 0 Å². The maximum absolute atomic E-state index is 10.9. The van der Waals surface area contributed by atoms with E-state index in [1.54, 1.807) is 0 Å². The van der Waals surface area contributed by atoms with Crippen molar-refractivity contribution in [3.63, 3.8) is 0 Å².